The lowest BCUT2D eigenvalue weighted by molar-refractivity contribution is -0.144. The summed E-state index contributed by atoms with van der Waals surface area (Å²) in [4.78, 5) is 23.4. The summed E-state index contributed by atoms with van der Waals surface area (Å²) in [5.41, 5.74) is 0. The van der Waals surface area contributed by atoms with Crippen molar-refractivity contribution >= 4 is 12.1 Å². The van der Waals surface area contributed by atoms with Gasteiger partial charge >= 0.3 is 12.1 Å². The molecule has 0 aliphatic heterocycles. The SMILES string of the molecule is COC(=O)[C@@H](NC(=O)OC(C(C)C)C(C)C)C(C)C. The van der Waals surface area contributed by atoms with Gasteiger partial charge in [0.05, 0.1) is 7.11 Å². The Labute approximate surface area is 116 Å². The molecule has 1 atom stereocenters. The molecule has 5 heteroatoms. The van der Waals surface area contributed by atoms with E-state index >= 15 is 0 Å². The van der Waals surface area contributed by atoms with Crippen LogP contribution in [0.2, 0.25) is 0 Å². The average Bonchev–Trinajstić information content (AvgIpc) is 2.30. The molecule has 0 spiro atoms. The summed E-state index contributed by atoms with van der Waals surface area (Å²) in [6.45, 7) is 11.7. The molecule has 0 aliphatic carbocycles. The number of nitrogens with one attached hydrogen (secondary N) is 1. The summed E-state index contributed by atoms with van der Waals surface area (Å²) in [6.07, 6.45) is -0.748. The van der Waals surface area contributed by atoms with Gasteiger partial charge in [-0.25, -0.2) is 9.59 Å². The minimum atomic E-state index is -0.683. The average molecular weight is 273 g/mol. The smallest absolute Gasteiger partial charge is 0.408 e. The fourth-order valence-electron chi connectivity index (χ4n) is 1.95. The predicted molar refractivity (Wildman–Crippen MR) is 73.7 cm³/mol. The zero-order valence-corrected chi connectivity index (χ0v) is 13.0. The summed E-state index contributed by atoms with van der Waals surface area (Å²) in [7, 11) is 1.30. The highest BCUT2D eigenvalue weighted by atomic mass is 16.6. The predicted octanol–water partition coefficient (Wildman–Crippen LogP) is 2.59. The number of amides is 1. The van der Waals surface area contributed by atoms with Crippen molar-refractivity contribution in [2.45, 2.75) is 53.7 Å². The maximum absolute atomic E-state index is 11.9. The topological polar surface area (TPSA) is 64.6 Å². The molecular weight excluding hydrogens is 246 g/mol. The summed E-state index contributed by atoms with van der Waals surface area (Å²) in [6, 6.07) is -0.683. The van der Waals surface area contributed by atoms with E-state index in [9.17, 15) is 9.59 Å². The number of methoxy groups -OCH3 is 1. The Morgan fingerprint density at radius 1 is 0.895 bits per heavy atom. The van der Waals surface area contributed by atoms with Crippen molar-refractivity contribution in [3.63, 3.8) is 0 Å². The van der Waals surface area contributed by atoms with Gasteiger partial charge in [-0.15, -0.1) is 0 Å². The number of esters is 1. The van der Waals surface area contributed by atoms with E-state index in [-0.39, 0.29) is 23.9 Å². The molecular formula is C14H27NO4. The number of carbonyl (C=O) groups excluding carboxylic acids is 2. The zero-order chi connectivity index (χ0) is 15.2. The Kier molecular flexibility index (Phi) is 7.49. The maximum atomic E-state index is 11.9. The van der Waals surface area contributed by atoms with Crippen LogP contribution in [0.5, 0.6) is 0 Å². The first-order valence-electron chi connectivity index (χ1n) is 6.75. The van der Waals surface area contributed by atoms with Gasteiger partial charge in [-0.1, -0.05) is 41.5 Å². The van der Waals surface area contributed by atoms with Crippen LogP contribution in [-0.4, -0.2) is 31.3 Å². The largest absolute Gasteiger partial charge is 0.467 e. The lowest BCUT2D eigenvalue weighted by atomic mass is 9.96. The van der Waals surface area contributed by atoms with E-state index in [1.807, 2.05) is 41.5 Å². The Balaban J connectivity index is 4.61. The molecule has 0 bridgehead atoms. The summed E-state index contributed by atoms with van der Waals surface area (Å²) >= 11 is 0. The van der Waals surface area contributed by atoms with E-state index in [0.29, 0.717) is 0 Å². The van der Waals surface area contributed by atoms with E-state index in [1.54, 1.807) is 0 Å². The lowest BCUT2D eigenvalue weighted by Gasteiger charge is -2.27. The van der Waals surface area contributed by atoms with Crippen LogP contribution in [0.4, 0.5) is 4.79 Å². The van der Waals surface area contributed by atoms with Crippen LogP contribution in [0.15, 0.2) is 0 Å². The van der Waals surface area contributed by atoms with Crippen molar-refractivity contribution in [3.8, 4) is 0 Å². The van der Waals surface area contributed by atoms with Crippen molar-refractivity contribution in [2.24, 2.45) is 17.8 Å². The molecule has 0 radical (unpaired) electrons. The number of hydrogen-bond acceptors (Lipinski definition) is 4. The van der Waals surface area contributed by atoms with Gasteiger partial charge in [0.15, 0.2) is 0 Å². The Hall–Kier alpha value is -1.26. The normalized spacial score (nSPS) is 13.0. The Morgan fingerprint density at radius 2 is 1.37 bits per heavy atom. The van der Waals surface area contributed by atoms with Crippen LogP contribution in [0.1, 0.15) is 41.5 Å². The fourth-order valence-corrected chi connectivity index (χ4v) is 1.95. The quantitative estimate of drug-likeness (QED) is 0.755. The summed E-state index contributed by atoms with van der Waals surface area (Å²) < 4.78 is 10.1. The molecule has 0 unspecified atom stereocenters. The molecule has 1 N–H and O–H groups in total. The zero-order valence-electron chi connectivity index (χ0n) is 13.0. The van der Waals surface area contributed by atoms with Crippen molar-refractivity contribution in [2.75, 3.05) is 7.11 Å². The van der Waals surface area contributed by atoms with Crippen molar-refractivity contribution in [1.82, 2.24) is 5.32 Å². The first-order chi connectivity index (χ1) is 8.70. The molecule has 0 aromatic carbocycles. The van der Waals surface area contributed by atoms with Crippen molar-refractivity contribution in [1.29, 1.82) is 0 Å². The number of carbonyl (C=O) groups is 2. The van der Waals surface area contributed by atoms with E-state index in [4.69, 9.17) is 4.74 Å². The highest BCUT2D eigenvalue weighted by Crippen LogP contribution is 2.16. The Morgan fingerprint density at radius 3 is 1.68 bits per heavy atom. The fraction of sp³-hybridized carbons (Fsp3) is 0.857. The van der Waals surface area contributed by atoms with Crippen molar-refractivity contribution < 1.29 is 19.1 Å². The van der Waals surface area contributed by atoms with Crippen LogP contribution in [0.3, 0.4) is 0 Å². The lowest BCUT2D eigenvalue weighted by Crippen LogP contribution is -2.47. The van der Waals surface area contributed by atoms with Gasteiger partial charge in [0, 0.05) is 0 Å². The molecule has 5 nitrogen and oxygen atoms in total. The standard InChI is InChI=1S/C14H27NO4/c1-8(2)11(13(16)18-7)15-14(17)19-12(9(3)4)10(5)6/h8-12H,1-7H3,(H,15,17)/t11-/m0/s1. The van der Waals surface area contributed by atoms with Gasteiger partial charge in [0.25, 0.3) is 0 Å². The Bertz CT molecular complexity index is 292. The number of rotatable bonds is 6. The molecule has 0 rings (SSSR count). The highest BCUT2D eigenvalue weighted by Gasteiger charge is 2.28. The first-order valence-corrected chi connectivity index (χ1v) is 6.75. The van der Waals surface area contributed by atoms with Crippen molar-refractivity contribution in [3.05, 3.63) is 0 Å². The second-order valence-electron chi connectivity index (χ2n) is 5.75. The van der Waals surface area contributed by atoms with Crippen LogP contribution >= 0.6 is 0 Å². The van der Waals surface area contributed by atoms with Crippen LogP contribution < -0.4 is 5.32 Å². The minimum absolute atomic E-state index is 0.0588. The minimum Gasteiger partial charge on any atom is -0.467 e. The molecule has 0 aliphatic rings. The third kappa shape index (κ3) is 5.94. The highest BCUT2D eigenvalue weighted by molar-refractivity contribution is 5.81. The number of hydrogen-bond donors (Lipinski definition) is 1. The van der Waals surface area contributed by atoms with Gasteiger partial charge in [-0.05, 0) is 17.8 Å². The van der Waals surface area contributed by atoms with Gasteiger partial charge in [-0.3, -0.25) is 0 Å². The van der Waals surface area contributed by atoms with E-state index in [1.165, 1.54) is 7.11 Å². The first kappa shape index (κ1) is 17.7. The van der Waals surface area contributed by atoms with Gasteiger partial charge in [-0.2, -0.15) is 0 Å². The third-order valence-corrected chi connectivity index (χ3v) is 2.95. The molecule has 0 fully saturated rings. The number of alkyl carbamates (subject to hydrolysis) is 1. The molecule has 19 heavy (non-hydrogen) atoms. The third-order valence-electron chi connectivity index (χ3n) is 2.95. The van der Waals surface area contributed by atoms with E-state index in [2.05, 4.69) is 10.1 Å². The second kappa shape index (κ2) is 8.02. The number of ether oxygens (including phenoxy) is 2. The van der Waals surface area contributed by atoms with Crippen LogP contribution in [0, 0.1) is 17.8 Å². The molecule has 0 aromatic rings. The van der Waals surface area contributed by atoms with Gasteiger partial charge < -0.3 is 14.8 Å². The molecule has 1 amide bonds. The molecule has 0 saturated carbocycles. The summed E-state index contributed by atoms with van der Waals surface area (Å²) in [5.74, 6) is -0.0723. The molecule has 112 valence electrons. The summed E-state index contributed by atoms with van der Waals surface area (Å²) in [5, 5.41) is 2.57. The molecule has 0 aromatic heterocycles. The maximum Gasteiger partial charge on any atom is 0.408 e. The van der Waals surface area contributed by atoms with E-state index in [0.717, 1.165) is 0 Å². The van der Waals surface area contributed by atoms with Crippen LogP contribution in [-0.2, 0) is 14.3 Å². The second-order valence-corrected chi connectivity index (χ2v) is 5.75. The van der Waals surface area contributed by atoms with Crippen LogP contribution in [0.25, 0.3) is 0 Å². The molecule has 0 saturated heterocycles. The van der Waals surface area contributed by atoms with E-state index < -0.39 is 18.1 Å². The van der Waals surface area contributed by atoms with Gasteiger partial charge in [0.2, 0.25) is 0 Å². The molecule has 0 heterocycles. The monoisotopic (exact) mass is 273 g/mol. The van der Waals surface area contributed by atoms with Gasteiger partial charge in [0.1, 0.15) is 12.1 Å².